The lowest BCUT2D eigenvalue weighted by Crippen LogP contribution is -2.29. The van der Waals surface area contributed by atoms with Crippen molar-refractivity contribution in [3.05, 3.63) is 48.0 Å². The fourth-order valence-electron chi connectivity index (χ4n) is 2.02. The van der Waals surface area contributed by atoms with Gasteiger partial charge < -0.3 is 14.8 Å². The standard InChI is InChI=1S/C20H22N2O3/c1-5-20(2,3)19(23)22-15-7-9-16(10-8-15)25-17-11-6-14(13-21)12-18(17)24-4/h6-12H,5H2,1-4H3,(H,22,23). The topological polar surface area (TPSA) is 71.3 Å². The molecule has 0 radical (unpaired) electrons. The number of ether oxygens (including phenoxy) is 2. The van der Waals surface area contributed by atoms with Crippen LogP contribution in [0.5, 0.6) is 17.2 Å². The molecular formula is C20H22N2O3. The Bertz CT molecular complexity index is 790. The third-order valence-corrected chi connectivity index (χ3v) is 4.13. The molecule has 5 nitrogen and oxygen atoms in total. The summed E-state index contributed by atoms with van der Waals surface area (Å²) >= 11 is 0. The van der Waals surface area contributed by atoms with Gasteiger partial charge >= 0.3 is 0 Å². The molecule has 5 heteroatoms. The predicted molar refractivity (Wildman–Crippen MR) is 96.9 cm³/mol. The van der Waals surface area contributed by atoms with Gasteiger partial charge in [-0.05, 0) is 42.8 Å². The Hall–Kier alpha value is -3.00. The average Bonchev–Trinajstić information content (AvgIpc) is 2.63. The Balaban J connectivity index is 2.11. The first-order valence-electron chi connectivity index (χ1n) is 8.07. The summed E-state index contributed by atoms with van der Waals surface area (Å²) in [5.41, 5.74) is 0.803. The predicted octanol–water partition coefficient (Wildman–Crippen LogP) is 4.73. The lowest BCUT2D eigenvalue weighted by Gasteiger charge is -2.21. The zero-order valence-corrected chi connectivity index (χ0v) is 14.9. The van der Waals surface area contributed by atoms with Crippen LogP contribution in [0.25, 0.3) is 0 Å². The molecule has 0 unspecified atom stereocenters. The molecule has 0 aliphatic heterocycles. The van der Waals surface area contributed by atoms with Crippen molar-refractivity contribution in [1.29, 1.82) is 5.26 Å². The van der Waals surface area contributed by atoms with Crippen molar-refractivity contribution in [3.63, 3.8) is 0 Å². The lowest BCUT2D eigenvalue weighted by atomic mass is 9.89. The summed E-state index contributed by atoms with van der Waals surface area (Å²) in [6.07, 6.45) is 0.762. The Morgan fingerprint density at radius 1 is 1.16 bits per heavy atom. The second-order valence-electron chi connectivity index (χ2n) is 6.30. The number of nitrogens with zero attached hydrogens (tertiary/aromatic N) is 1. The molecule has 0 spiro atoms. The van der Waals surface area contributed by atoms with Crippen molar-refractivity contribution < 1.29 is 14.3 Å². The first-order chi connectivity index (χ1) is 11.9. The number of benzene rings is 2. The van der Waals surface area contributed by atoms with Gasteiger partial charge in [0, 0.05) is 17.2 Å². The third kappa shape index (κ3) is 4.51. The van der Waals surface area contributed by atoms with E-state index < -0.39 is 5.41 Å². The molecule has 2 aromatic rings. The largest absolute Gasteiger partial charge is 0.493 e. The summed E-state index contributed by atoms with van der Waals surface area (Å²) in [5, 5.41) is 11.8. The molecule has 0 aliphatic carbocycles. The average molecular weight is 338 g/mol. The molecule has 2 aromatic carbocycles. The highest BCUT2D eigenvalue weighted by Crippen LogP contribution is 2.32. The molecule has 2 rings (SSSR count). The van der Waals surface area contributed by atoms with Crippen LogP contribution < -0.4 is 14.8 Å². The second kappa shape index (κ2) is 7.71. The number of hydrogen-bond acceptors (Lipinski definition) is 4. The minimum atomic E-state index is -0.412. The van der Waals surface area contributed by atoms with E-state index in [9.17, 15) is 4.79 Å². The minimum absolute atomic E-state index is 0.0163. The first-order valence-corrected chi connectivity index (χ1v) is 8.07. The maximum Gasteiger partial charge on any atom is 0.230 e. The van der Waals surface area contributed by atoms with Gasteiger partial charge in [-0.15, -0.1) is 0 Å². The molecule has 25 heavy (non-hydrogen) atoms. The Kier molecular flexibility index (Phi) is 5.66. The van der Waals surface area contributed by atoms with Crippen LogP contribution in [0.1, 0.15) is 32.8 Å². The molecule has 0 saturated carbocycles. The van der Waals surface area contributed by atoms with Crippen molar-refractivity contribution >= 4 is 11.6 Å². The van der Waals surface area contributed by atoms with E-state index in [1.54, 1.807) is 42.5 Å². The molecular weight excluding hydrogens is 316 g/mol. The summed E-state index contributed by atoms with van der Waals surface area (Å²) in [6.45, 7) is 5.81. The van der Waals surface area contributed by atoms with Gasteiger partial charge in [-0.2, -0.15) is 5.26 Å². The summed E-state index contributed by atoms with van der Waals surface area (Å²) in [6, 6.07) is 14.2. The molecule has 0 aromatic heterocycles. The molecule has 0 bridgehead atoms. The lowest BCUT2D eigenvalue weighted by molar-refractivity contribution is -0.124. The van der Waals surface area contributed by atoms with Crippen LogP contribution >= 0.6 is 0 Å². The normalized spacial score (nSPS) is 10.7. The highest BCUT2D eigenvalue weighted by molar-refractivity contribution is 5.94. The van der Waals surface area contributed by atoms with E-state index in [0.717, 1.165) is 6.42 Å². The number of anilines is 1. The van der Waals surface area contributed by atoms with E-state index in [1.807, 2.05) is 20.8 Å². The Labute approximate surface area is 148 Å². The van der Waals surface area contributed by atoms with Crippen LogP contribution in [-0.2, 0) is 4.79 Å². The van der Waals surface area contributed by atoms with Gasteiger partial charge in [0.25, 0.3) is 0 Å². The number of carbonyl (C=O) groups is 1. The number of nitriles is 1. The number of carbonyl (C=O) groups excluding carboxylic acids is 1. The molecule has 0 saturated heterocycles. The van der Waals surface area contributed by atoms with Crippen LogP contribution in [0, 0.1) is 16.7 Å². The second-order valence-corrected chi connectivity index (χ2v) is 6.30. The zero-order valence-electron chi connectivity index (χ0n) is 14.9. The number of amides is 1. The Morgan fingerprint density at radius 2 is 1.84 bits per heavy atom. The molecule has 0 fully saturated rings. The van der Waals surface area contributed by atoms with Crippen molar-refractivity contribution in [2.24, 2.45) is 5.41 Å². The van der Waals surface area contributed by atoms with Gasteiger partial charge in [-0.3, -0.25) is 4.79 Å². The Morgan fingerprint density at radius 3 is 2.40 bits per heavy atom. The quantitative estimate of drug-likeness (QED) is 0.826. The van der Waals surface area contributed by atoms with Crippen LogP contribution in [0.2, 0.25) is 0 Å². The van der Waals surface area contributed by atoms with Crippen LogP contribution in [0.15, 0.2) is 42.5 Å². The van der Waals surface area contributed by atoms with Crippen molar-refractivity contribution in [2.75, 3.05) is 12.4 Å². The first kappa shape index (κ1) is 18.3. The number of nitrogens with one attached hydrogen (secondary N) is 1. The summed E-state index contributed by atoms with van der Waals surface area (Å²) in [7, 11) is 1.53. The zero-order chi connectivity index (χ0) is 18.4. The van der Waals surface area contributed by atoms with Gasteiger partial charge in [-0.1, -0.05) is 20.8 Å². The number of methoxy groups -OCH3 is 1. The molecule has 1 N–H and O–H groups in total. The van der Waals surface area contributed by atoms with Gasteiger partial charge in [0.05, 0.1) is 18.7 Å². The van der Waals surface area contributed by atoms with E-state index in [4.69, 9.17) is 14.7 Å². The summed E-state index contributed by atoms with van der Waals surface area (Å²) < 4.78 is 11.1. The molecule has 0 heterocycles. The summed E-state index contributed by atoms with van der Waals surface area (Å²) in [4.78, 5) is 12.2. The van der Waals surface area contributed by atoms with E-state index >= 15 is 0 Å². The summed E-state index contributed by atoms with van der Waals surface area (Å²) in [5.74, 6) is 1.60. The van der Waals surface area contributed by atoms with E-state index in [-0.39, 0.29) is 5.91 Å². The fraction of sp³-hybridized carbons (Fsp3) is 0.300. The SMILES string of the molecule is CCC(C)(C)C(=O)Nc1ccc(Oc2ccc(C#N)cc2OC)cc1. The maximum absolute atomic E-state index is 12.2. The van der Waals surface area contributed by atoms with Crippen LogP contribution in [0.3, 0.4) is 0 Å². The monoisotopic (exact) mass is 338 g/mol. The van der Waals surface area contributed by atoms with Gasteiger partial charge in [-0.25, -0.2) is 0 Å². The minimum Gasteiger partial charge on any atom is -0.493 e. The van der Waals surface area contributed by atoms with E-state index in [1.165, 1.54) is 7.11 Å². The highest BCUT2D eigenvalue weighted by atomic mass is 16.5. The van der Waals surface area contributed by atoms with Crippen molar-refractivity contribution in [1.82, 2.24) is 0 Å². The van der Waals surface area contributed by atoms with E-state index in [0.29, 0.717) is 28.5 Å². The molecule has 1 amide bonds. The molecule has 0 atom stereocenters. The van der Waals surface area contributed by atoms with Gasteiger partial charge in [0.2, 0.25) is 5.91 Å². The highest BCUT2D eigenvalue weighted by Gasteiger charge is 2.25. The van der Waals surface area contributed by atoms with Crippen LogP contribution in [-0.4, -0.2) is 13.0 Å². The number of rotatable bonds is 6. The van der Waals surface area contributed by atoms with Crippen molar-refractivity contribution in [2.45, 2.75) is 27.2 Å². The van der Waals surface area contributed by atoms with Crippen molar-refractivity contribution in [3.8, 4) is 23.3 Å². The maximum atomic E-state index is 12.2. The fourth-order valence-corrected chi connectivity index (χ4v) is 2.02. The van der Waals surface area contributed by atoms with E-state index in [2.05, 4.69) is 11.4 Å². The van der Waals surface area contributed by atoms with Gasteiger partial charge in [0.1, 0.15) is 5.75 Å². The molecule has 130 valence electrons. The number of hydrogen-bond donors (Lipinski definition) is 1. The van der Waals surface area contributed by atoms with Crippen LogP contribution in [0.4, 0.5) is 5.69 Å². The molecule has 0 aliphatic rings. The van der Waals surface area contributed by atoms with Gasteiger partial charge in [0.15, 0.2) is 11.5 Å². The smallest absolute Gasteiger partial charge is 0.230 e. The third-order valence-electron chi connectivity index (χ3n) is 4.13.